The smallest absolute Gasteiger partial charge is 0.166 e. The van der Waals surface area contributed by atoms with Gasteiger partial charge >= 0.3 is 0 Å². The third-order valence-corrected chi connectivity index (χ3v) is 5.54. The highest BCUT2D eigenvalue weighted by molar-refractivity contribution is 6.00. The Labute approximate surface area is 109 Å². The Morgan fingerprint density at radius 1 is 1.00 bits per heavy atom. The number of aryl methyl sites for hydroxylation is 2. The number of Topliss-reactive ketones (excluding diaryl/α,β-unsaturated/α-hetero) is 1. The molecule has 94 valence electrons. The minimum absolute atomic E-state index is 0.387. The molecular weight excluding hydrogens is 220 g/mol. The van der Waals surface area contributed by atoms with Crippen LogP contribution in [0.15, 0.2) is 18.2 Å². The van der Waals surface area contributed by atoms with Gasteiger partial charge in [-0.3, -0.25) is 4.79 Å². The number of hydrogen-bond acceptors (Lipinski definition) is 1. The lowest BCUT2D eigenvalue weighted by Crippen LogP contribution is -2.10. The summed E-state index contributed by atoms with van der Waals surface area (Å²) < 4.78 is 0. The Balaban J connectivity index is 1.62. The molecule has 3 fully saturated rings. The van der Waals surface area contributed by atoms with E-state index in [1.807, 2.05) is 0 Å². The highest BCUT2D eigenvalue weighted by Crippen LogP contribution is 2.69. The minimum Gasteiger partial charge on any atom is -0.294 e. The summed E-state index contributed by atoms with van der Waals surface area (Å²) >= 11 is 0. The normalized spacial score (nSPS) is 39.8. The van der Waals surface area contributed by atoms with Gasteiger partial charge in [0.25, 0.3) is 0 Å². The molecule has 4 atom stereocenters. The van der Waals surface area contributed by atoms with Gasteiger partial charge < -0.3 is 0 Å². The molecule has 1 aromatic carbocycles. The fraction of sp³-hybridized carbons (Fsp3) is 0.588. The first-order valence-corrected chi connectivity index (χ1v) is 7.27. The Hall–Kier alpha value is -1.11. The van der Waals surface area contributed by atoms with Gasteiger partial charge in [0, 0.05) is 11.5 Å². The second-order valence-electron chi connectivity index (χ2n) is 6.75. The number of carbonyl (C=O) groups excluding carboxylic acids is 1. The van der Waals surface area contributed by atoms with Crippen molar-refractivity contribution in [2.75, 3.05) is 0 Å². The maximum absolute atomic E-state index is 12.6. The summed E-state index contributed by atoms with van der Waals surface area (Å²) in [4.78, 5) is 12.6. The molecule has 0 aromatic heterocycles. The summed E-state index contributed by atoms with van der Waals surface area (Å²) in [5.74, 6) is 4.12. The predicted molar refractivity (Wildman–Crippen MR) is 71.5 cm³/mol. The van der Waals surface area contributed by atoms with Gasteiger partial charge in [0.15, 0.2) is 5.78 Å². The zero-order chi connectivity index (χ0) is 12.4. The number of benzene rings is 1. The zero-order valence-electron chi connectivity index (χ0n) is 11.1. The summed E-state index contributed by atoms with van der Waals surface area (Å²) in [6, 6.07) is 6.30. The number of fused-ring (bicyclic) bond motifs is 5. The number of hydrogen-bond donors (Lipinski definition) is 0. The number of rotatable bonds is 2. The van der Waals surface area contributed by atoms with Gasteiger partial charge in [-0.2, -0.15) is 0 Å². The van der Waals surface area contributed by atoms with E-state index < -0.39 is 0 Å². The van der Waals surface area contributed by atoms with Gasteiger partial charge in [0.1, 0.15) is 0 Å². The summed E-state index contributed by atoms with van der Waals surface area (Å²) in [5.41, 5.74) is 3.39. The van der Waals surface area contributed by atoms with Gasteiger partial charge in [0.2, 0.25) is 0 Å². The Morgan fingerprint density at radius 2 is 1.56 bits per heavy atom. The van der Waals surface area contributed by atoms with Crippen LogP contribution in [0.3, 0.4) is 0 Å². The van der Waals surface area contributed by atoms with Crippen molar-refractivity contribution in [3.63, 3.8) is 0 Å². The van der Waals surface area contributed by atoms with Crippen molar-refractivity contribution in [2.24, 2.45) is 29.6 Å². The topological polar surface area (TPSA) is 17.1 Å². The van der Waals surface area contributed by atoms with Crippen LogP contribution in [0.25, 0.3) is 0 Å². The molecule has 0 N–H and O–H groups in total. The standard InChI is InChI=1S/C17H20O/c1-9-5-10(2)7-13(6-9)17(18)16-14-11-3-4-12(8-11)15(14)16/h5-7,11-12,14-16H,3-4,8H2,1-2H3. The number of ketones is 1. The first kappa shape index (κ1) is 10.8. The van der Waals surface area contributed by atoms with Gasteiger partial charge in [-0.05, 0) is 68.9 Å². The molecule has 0 amide bonds. The van der Waals surface area contributed by atoms with Gasteiger partial charge in [0.05, 0.1) is 0 Å². The molecule has 3 aliphatic carbocycles. The van der Waals surface area contributed by atoms with E-state index in [9.17, 15) is 4.79 Å². The SMILES string of the molecule is Cc1cc(C)cc(C(=O)C2C3C4CCC(C4)C23)c1. The first-order valence-electron chi connectivity index (χ1n) is 7.27. The first-order chi connectivity index (χ1) is 8.65. The fourth-order valence-corrected chi connectivity index (χ4v) is 4.98. The Kier molecular flexibility index (Phi) is 2.07. The molecule has 2 bridgehead atoms. The van der Waals surface area contributed by atoms with E-state index in [2.05, 4.69) is 32.0 Å². The summed E-state index contributed by atoms with van der Waals surface area (Å²) in [6.45, 7) is 4.17. The predicted octanol–water partition coefficient (Wildman–Crippen LogP) is 3.78. The zero-order valence-corrected chi connectivity index (χ0v) is 11.1. The van der Waals surface area contributed by atoms with E-state index >= 15 is 0 Å². The molecular formula is C17H20O. The lowest BCUT2D eigenvalue weighted by molar-refractivity contribution is 0.0944. The molecule has 0 radical (unpaired) electrons. The average molecular weight is 240 g/mol. The van der Waals surface area contributed by atoms with Crippen molar-refractivity contribution in [2.45, 2.75) is 33.1 Å². The Morgan fingerprint density at radius 3 is 2.11 bits per heavy atom. The van der Waals surface area contributed by atoms with Crippen molar-refractivity contribution in [3.05, 3.63) is 34.9 Å². The highest BCUT2D eigenvalue weighted by Gasteiger charge is 2.67. The maximum atomic E-state index is 12.6. The molecule has 0 aliphatic heterocycles. The molecule has 3 saturated carbocycles. The molecule has 0 spiro atoms. The summed E-state index contributed by atoms with van der Waals surface area (Å²) in [5, 5.41) is 0. The third kappa shape index (κ3) is 1.36. The lowest BCUT2D eigenvalue weighted by Gasteiger charge is -2.09. The third-order valence-electron chi connectivity index (χ3n) is 5.54. The summed E-state index contributed by atoms with van der Waals surface area (Å²) in [7, 11) is 0. The van der Waals surface area contributed by atoms with Gasteiger partial charge in [-0.1, -0.05) is 17.2 Å². The van der Waals surface area contributed by atoms with Crippen LogP contribution in [0.1, 0.15) is 40.7 Å². The quantitative estimate of drug-likeness (QED) is 0.719. The fourth-order valence-electron chi connectivity index (χ4n) is 4.98. The highest BCUT2D eigenvalue weighted by atomic mass is 16.1. The summed E-state index contributed by atoms with van der Waals surface area (Å²) in [6.07, 6.45) is 4.21. The molecule has 1 nitrogen and oxygen atoms in total. The molecule has 3 aliphatic rings. The average Bonchev–Trinajstić information content (AvgIpc) is 2.74. The molecule has 4 unspecified atom stereocenters. The van der Waals surface area contributed by atoms with Crippen molar-refractivity contribution in [3.8, 4) is 0 Å². The maximum Gasteiger partial charge on any atom is 0.166 e. The van der Waals surface area contributed by atoms with Crippen LogP contribution in [0.2, 0.25) is 0 Å². The van der Waals surface area contributed by atoms with Crippen molar-refractivity contribution >= 4 is 5.78 Å². The lowest BCUT2D eigenvalue weighted by atomic mass is 9.94. The van der Waals surface area contributed by atoms with Crippen LogP contribution in [-0.2, 0) is 0 Å². The van der Waals surface area contributed by atoms with E-state index in [1.165, 1.54) is 30.4 Å². The van der Waals surface area contributed by atoms with E-state index in [0.717, 1.165) is 29.2 Å². The Bertz CT molecular complexity index is 494. The van der Waals surface area contributed by atoms with E-state index in [-0.39, 0.29) is 0 Å². The molecule has 18 heavy (non-hydrogen) atoms. The van der Waals surface area contributed by atoms with Crippen LogP contribution in [0.4, 0.5) is 0 Å². The minimum atomic E-state index is 0.387. The van der Waals surface area contributed by atoms with E-state index in [1.54, 1.807) is 0 Å². The van der Waals surface area contributed by atoms with Crippen molar-refractivity contribution in [1.82, 2.24) is 0 Å². The molecule has 1 aromatic rings. The van der Waals surface area contributed by atoms with Crippen LogP contribution in [0, 0.1) is 43.4 Å². The molecule has 1 heteroatoms. The van der Waals surface area contributed by atoms with Crippen molar-refractivity contribution in [1.29, 1.82) is 0 Å². The largest absolute Gasteiger partial charge is 0.294 e. The van der Waals surface area contributed by atoms with Crippen LogP contribution >= 0.6 is 0 Å². The second-order valence-corrected chi connectivity index (χ2v) is 6.75. The monoisotopic (exact) mass is 240 g/mol. The van der Waals surface area contributed by atoms with Crippen LogP contribution in [0.5, 0.6) is 0 Å². The second kappa shape index (κ2) is 3.46. The molecule has 4 rings (SSSR count). The molecule has 0 heterocycles. The van der Waals surface area contributed by atoms with Gasteiger partial charge in [-0.25, -0.2) is 0 Å². The van der Waals surface area contributed by atoms with Crippen molar-refractivity contribution < 1.29 is 4.79 Å². The van der Waals surface area contributed by atoms with Gasteiger partial charge in [-0.15, -0.1) is 0 Å². The van der Waals surface area contributed by atoms with Crippen LogP contribution < -0.4 is 0 Å². The van der Waals surface area contributed by atoms with E-state index in [4.69, 9.17) is 0 Å². The molecule has 0 saturated heterocycles. The van der Waals surface area contributed by atoms with E-state index in [0.29, 0.717) is 11.7 Å². The van der Waals surface area contributed by atoms with Crippen LogP contribution in [-0.4, -0.2) is 5.78 Å². The number of carbonyl (C=O) groups is 1.